The van der Waals surface area contributed by atoms with Crippen LogP contribution in [0, 0.1) is 15.4 Å². The lowest BCUT2D eigenvalue weighted by molar-refractivity contribution is -0.128. The molecule has 0 aliphatic carbocycles. The number of fused-ring (bicyclic) bond motifs is 5. The first-order valence-electron chi connectivity index (χ1n) is 6.69. The quantitative estimate of drug-likeness (QED) is 0.461. The zero-order valence-corrected chi connectivity index (χ0v) is 13.1. The molecule has 5 nitrogen and oxygen atoms in total. The lowest BCUT2D eigenvalue weighted by atomic mass is 9.77. The Morgan fingerprint density at radius 3 is 2.62 bits per heavy atom. The first-order valence-corrected chi connectivity index (χ1v) is 7.77. The second-order valence-electron chi connectivity index (χ2n) is 5.55. The van der Waals surface area contributed by atoms with Crippen LogP contribution in [0.3, 0.4) is 0 Å². The molecule has 3 heterocycles. The first kappa shape index (κ1) is 13.4. The number of imide groups is 1. The summed E-state index contributed by atoms with van der Waals surface area (Å²) in [5, 5.41) is 9.63. The summed E-state index contributed by atoms with van der Waals surface area (Å²) in [7, 11) is 0. The molecular formula is C15H12INO4. The summed E-state index contributed by atoms with van der Waals surface area (Å²) in [5.41, 5.74) is -0.452. The van der Waals surface area contributed by atoms with Gasteiger partial charge >= 0.3 is 0 Å². The molecule has 0 radical (unpaired) electrons. The van der Waals surface area contributed by atoms with Crippen molar-refractivity contribution in [2.45, 2.75) is 11.7 Å². The van der Waals surface area contributed by atoms with E-state index in [0.717, 1.165) is 3.57 Å². The molecule has 0 saturated carbocycles. The fourth-order valence-corrected chi connectivity index (χ4v) is 3.89. The number of ether oxygens (including phenoxy) is 1. The van der Waals surface area contributed by atoms with Gasteiger partial charge in [-0.05, 0) is 46.9 Å². The third-order valence-corrected chi connectivity index (χ3v) is 5.21. The van der Waals surface area contributed by atoms with Gasteiger partial charge in [-0.15, -0.1) is 0 Å². The maximum Gasteiger partial charge on any atom is 0.241 e. The van der Waals surface area contributed by atoms with Crippen molar-refractivity contribution in [2.75, 3.05) is 11.5 Å². The highest BCUT2D eigenvalue weighted by Gasteiger charge is 2.67. The summed E-state index contributed by atoms with van der Waals surface area (Å²) >= 11 is 2.17. The van der Waals surface area contributed by atoms with Crippen molar-refractivity contribution in [2.24, 2.45) is 11.8 Å². The molecule has 108 valence electrons. The van der Waals surface area contributed by atoms with Gasteiger partial charge in [0.1, 0.15) is 5.60 Å². The molecule has 21 heavy (non-hydrogen) atoms. The van der Waals surface area contributed by atoms with Crippen LogP contribution in [0.15, 0.2) is 36.4 Å². The number of aliphatic hydroxyl groups excluding tert-OH is 1. The molecule has 3 aliphatic rings. The summed E-state index contributed by atoms with van der Waals surface area (Å²) < 4.78 is 6.72. The van der Waals surface area contributed by atoms with Crippen LogP contribution in [0.4, 0.5) is 5.69 Å². The average Bonchev–Trinajstić information content (AvgIpc) is 3.12. The third kappa shape index (κ3) is 1.63. The number of hydrogen-bond acceptors (Lipinski definition) is 4. The average molecular weight is 397 g/mol. The van der Waals surface area contributed by atoms with Gasteiger partial charge in [0.2, 0.25) is 11.8 Å². The largest absolute Gasteiger partial charge is 0.393 e. The van der Waals surface area contributed by atoms with Crippen LogP contribution < -0.4 is 4.90 Å². The van der Waals surface area contributed by atoms with Gasteiger partial charge < -0.3 is 9.84 Å². The van der Waals surface area contributed by atoms with E-state index < -0.39 is 23.5 Å². The van der Waals surface area contributed by atoms with Crippen molar-refractivity contribution >= 4 is 40.1 Å². The van der Waals surface area contributed by atoms with Crippen molar-refractivity contribution in [1.29, 1.82) is 0 Å². The zero-order valence-electron chi connectivity index (χ0n) is 10.9. The van der Waals surface area contributed by atoms with Gasteiger partial charge in [-0.3, -0.25) is 9.59 Å². The SMILES string of the molecule is O=C1[C@H]2[C@@H](C(=O)N1c1ccc(I)cc1)[C@]1(CO)C=C[C@H]2O1. The summed E-state index contributed by atoms with van der Waals surface area (Å²) in [4.78, 5) is 26.6. The van der Waals surface area contributed by atoms with Gasteiger partial charge in [0.05, 0.1) is 30.2 Å². The van der Waals surface area contributed by atoms with Crippen LogP contribution >= 0.6 is 22.6 Å². The van der Waals surface area contributed by atoms with E-state index in [2.05, 4.69) is 22.6 Å². The molecule has 2 bridgehead atoms. The molecule has 4 rings (SSSR count). The smallest absolute Gasteiger partial charge is 0.241 e. The van der Waals surface area contributed by atoms with Gasteiger partial charge in [-0.1, -0.05) is 12.2 Å². The van der Waals surface area contributed by atoms with Crippen LogP contribution in [-0.4, -0.2) is 35.2 Å². The number of halogens is 1. The Bertz CT molecular complexity index is 671. The van der Waals surface area contributed by atoms with E-state index in [4.69, 9.17) is 4.74 Å². The second kappa shape index (κ2) is 4.37. The van der Waals surface area contributed by atoms with Crippen molar-refractivity contribution < 1.29 is 19.4 Å². The summed E-state index contributed by atoms with van der Waals surface area (Å²) in [6.07, 6.45) is 3.09. The topological polar surface area (TPSA) is 66.8 Å². The molecule has 1 aromatic rings. The molecule has 2 amide bonds. The Morgan fingerprint density at radius 2 is 1.95 bits per heavy atom. The van der Waals surface area contributed by atoms with Crippen molar-refractivity contribution in [3.05, 3.63) is 40.0 Å². The minimum Gasteiger partial charge on any atom is -0.393 e. The van der Waals surface area contributed by atoms with Crippen molar-refractivity contribution in [3.8, 4) is 0 Å². The van der Waals surface area contributed by atoms with E-state index in [-0.39, 0.29) is 18.4 Å². The van der Waals surface area contributed by atoms with Crippen LogP contribution in [0.2, 0.25) is 0 Å². The normalized spacial score (nSPS) is 36.7. The van der Waals surface area contributed by atoms with Gasteiger partial charge in [0.25, 0.3) is 0 Å². The molecule has 1 N–H and O–H groups in total. The molecule has 0 spiro atoms. The van der Waals surface area contributed by atoms with Gasteiger partial charge in [0.15, 0.2) is 0 Å². The number of aliphatic hydroxyl groups is 1. The second-order valence-corrected chi connectivity index (χ2v) is 6.79. The predicted octanol–water partition coefficient (Wildman–Crippen LogP) is 1.10. The lowest BCUT2D eigenvalue weighted by Crippen LogP contribution is -2.43. The molecule has 4 atom stereocenters. The highest BCUT2D eigenvalue weighted by atomic mass is 127. The maximum absolute atomic E-state index is 12.7. The van der Waals surface area contributed by atoms with Gasteiger partial charge in [0, 0.05) is 3.57 Å². The number of hydrogen-bond donors (Lipinski definition) is 1. The Hall–Kier alpha value is -1.25. The molecule has 2 fully saturated rings. The first-order chi connectivity index (χ1) is 10.1. The molecule has 2 saturated heterocycles. The predicted molar refractivity (Wildman–Crippen MR) is 82.5 cm³/mol. The highest BCUT2D eigenvalue weighted by molar-refractivity contribution is 14.1. The molecule has 3 aliphatic heterocycles. The number of carbonyl (C=O) groups is 2. The van der Waals surface area contributed by atoms with Gasteiger partial charge in [-0.25, -0.2) is 4.90 Å². The standard InChI is InChI=1S/C15H12INO4/c16-8-1-3-9(4-2-8)17-13(19)11-10-5-6-15(7-18,21-10)12(11)14(17)20/h1-6,10-12,18H,7H2/t10-,11-,12+,15-/m1/s1. The van der Waals surface area contributed by atoms with E-state index in [1.165, 1.54) is 4.90 Å². The summed E-state index contributed by atoms with van der Waals surface area (Å²) in [6.45, 7) is -0.291. The van der Waals surface area contributed by atoms with E-state index >= 15 is 0 Å². The lowest BCUT2D eigenvalue weighted by Gasteiger charge is -2.26. The molecule has 0 unspecified atom stereocenters. The Labute approximate surface area is 134 Å². The summed E-state index contributed by atoms with van der Waals surface area (Å²) in [6, 6.07) is 7.24. The van der Waals surface area contributed by atoms with Crippen molar-refractivity contribution in [1.82, 2.24) is 0 Å². The fourth-order valence-electron chi connectivity index (χ4n) is 3.53. The summed E-state index contributed by atoms with van der Waals surface area (Å²) in [5.74, 6) is -1.67. The molecule has 1 aromatic carbocycles. The number of anilines is 1. The van der Waals surface area contributed by atoms with Crippen LogP contribution in [-0.2, 0) is 14.3 Å². The highest BCUT2D eigenvalue weighted by Crippen LogP contribution is 2.52. The Kier molecular flexibility index (Phi) is 2.79. The van der Waals surface area contributed by atoms with Crippen LogP contribution in [0.25, 0.3) is 0 Å². The maximum atomic E-state index is 12.7. The minimum atomic E-state index is -1.03. The van der Waals surface area contributed by atoms with Crippen LogP contribution in [0.5, 0.6) is 0 Å². The van der Waals surface area contributed by atoms with E-state index in [1.54, 1.807) is 24.3 Å². The van der Waals surface area contributed by atoms with E-state index in [1.807, 2.05) is 12.1 Å². The Balaban J connectivity index is 1.77. The fraction of sp³-hybridized carbons (Fsp3) is 0.333. The van der Waals surface area contributed by atoms with E-state index in [9.17, 15) is 14.7 Å². The minimum absolute atomic E-state index is 0.240. The monoisotopic (exact) mass is 397 g/mol. The number of amides is 2. The third-order valence-electron chi connectivity index (χ3n) is 4.49. The molecular weight excluding hydrogens is 385 g/mol. The number of nitrogens with zero attached hydrogens (tertiary/aromatic N) is 1. The Morgan fingerprint density at radius 1 is 1.24 bits per heavy atom. The van der Waals surface area contributed by atoms with Crippen molar-refractivity contribution in [3.63, 3.8) is 0 Å². The molecule has 0 aromatic heterocycles. The number of benzene rings is 1. The number of carbonyl (C=O) groups excluding carboxylic acids is 2. The van der Waals surface area contributed by atoms with Gasteiger partial charge in [-0.2, -0.15) is 0 Å². The zero-order chi connectivity index (χ0) is 14.8. The molecule has 6 heteroatoms. The number of rotatable bonds is 2. The van der Waals surface area contributed by atoms with Crippen LogP contribution in [0.1, 0.15) is 0 Å². The van der Waals surface area contributed by atoms with E-state index in [0.29, 0.717) is 5.69 Å².